The summed E-state index contributed by atoms with van der Waals surface area (Å²) in [4.78, 5) is 40.8. The van der Waals surface area contributed by atoms with Gasteiger partial charge < -0.3 is 38.4 Å². The number of rotatable bonds is 6. The lowest BCUT2D eigenvalue weighted by molar-refractivity contribution is -0.282. The van der Waals surface area contributed by atoms with Gasteiger partial charge in [0.25, 0.3) is 5.91 Å². The van der Waals surface area contributed by atoms with Crippen molar-refractivity contribution in [2.75, 3.05) is 12.4 Å². The molecule has 11 nitrogen and oxygen atoms in total. The van der Waals surface area contributed by atoms with Crippen LogP contribution < -0.4 is 15.7 Å². The van der Waals surface area contributed by atoms with Crippen molar-refractivity contribution in [3.8, 4) is 5.75 Å². The van der Waals surface area contributed by atoms with Gasteiger partial charge in [-0.3, -0.25) is 4.79 Å². The van der Waals surface area contributed by atoms with Crippen molar-refractivity contribution in [2.24, 2.45) is 0 Å². The van der Waals surface area contributed by atoms with Crippen molar-refractivity contribution in [1.29, 1.82) is 0 Å². The van der Waals surface area contributed by atoms with E-state index in [-0.39, 0.29) is 5.69 Å². The van der Waals surface area contributed by atoms with E-state index in [2.05, 4.69) is 10.3 Å². The van der Waals surface area contributed by atoms with Gasteiger partial charge in [0, 0.05) is 29.0 Å². The molecule has 2 aromatic heterocycles. The summed E-state index contributed by atoms with van der Waals surface area (Å²) in [5.41, 5.74) is 0.497. The van der Waals surface area contributed by atoms with Crippen LogP contribution >= 0.6 is 0 Å². The Morgan fingerprint density at radius 1 is 1.05 bits per heavy atom. The van der Waals surface area contributed by atoms with Gasteiger partial charge in [-0.05, 0) is 50.6 Å². The number of hydrogen-bond acceptors (Lipinski definition) is 9. The molecule has 0 aliphatic carbocycles. The highest BCUT2D eigenvalue weighted by Crippen LogP contribution is 2.40. The first-order valence-corrected chi connectivity index (χ1v) is 12.9. The van der Waals surface area contributed by atoms with E-state index in [1.165, 1.54) is 7.11 Å². The number of methoxy groups -OCH3 is 1. The number of H-pyrrole nitrogens is 1. The minimum atomic E-state index is -0.998. The summed E-state index contributed by atoms with van der Waals surface area (Å²) in [6.07, 6.45) is -3.52. The van der Waals surface area contributed by atoms with E-state index in [1.54, 1.807) is 24.3 Å². The third-order valence-corrected chi connectivity index (χ3v) is 7.30. The Labute approximate surface area is 228 Å². The lowest BCUT2D eigenvalue weighted by atomic mass is 9.89. The molecule has 208 valence electrons. The number of para-hydroxylation sites is 1. The zero-order valence-corrected chi connectivity index (χ0v) is 22.3. The van der Waals surface area contributed by atoms with Crippen molar-refractivity contribution < 1.29 is 37.7 Å². The molecule has 2 aliphatic heterocycles. The SMILES string of the molecule is CCc1c(O[C@@H]2OC(C)(C)[C@H](OC)[C@H]3OC(=O)O[C@@H]23)ccc2cc(NC(=O)c3cc4ccccc4[nH]3)c(=O)oc12. The first-order chi connectivity index (χ1) is 19.2. The Morgan fingerprint density at radius 2 is 1.82 bits per heavy atom. The van der Waals surface area contributed by atoms with Gasteiger partial charge in [-0.25, -0.2) is 9.59 Å². The number of hydrogen-bond donors (Lipinski definition) is 2. The summed E-state index contributed by atoms with van der Waals surface area (Å²) in [6, 6.07) is 14.2. The highest BCUT2D eigenvalue weighted by Gasteiger charge is 2.59. The standard InChI is InChI=1S/C29H28N2O9/c1-5-16-20(36-27-23-22(38-28(34)39-23)24(35-4)29(2,3)40-27)11-10-15-13-19(26(33)37-21(15)16)31-25(32)18-12-14-8-6-7-9-17(14)30-18/h6-13,22-24,27,30H,5H2,1-4H3,(H,31,32)/t22-,23+,24+,27+/m0/s1. The number of aromatic nitrogens is 1. The third-order valence-electron chi connectivity index (χ3n) is 7.30. The summed E-state index contributed by atoms with van der Waals surface area (Å²) >= 11 is 0. The lowest BCUT2D eigenvalue weighted by Crippen LogP contribution is -2.62. The zero-order chi connectivity index (χ0) is 28.2. The molecule has 4 aromatic rings. The van der Waals surface area contributed by atoms with Crippen LogP contribution in [0.5, 0.6) is 5.75 Å². The molecule has 2 saturated heterocycles. The first kappa shape index (κ1) is 25.9. The number of benzene rings is 2. The van der Waals surface area contributed by atoms with E-state index in [4.69, 9.17) is 28.1 Å². The largest absolute Gasteiger partial charge is 0.509 e. The lowest BCUT2D eigenvalue weighted by Gasteiger charge is -2.45. The van der Waals surface area contributed by atoms with Crippen LogP contribution in [0.2, 0.25) is 0 Å². The van der Waals surface area contributed by atoms with Gasteiger partial charge in [-0.2, -0.15) is 0 Å². The van der Waals surface area contributed by atoms with Crippen molar-refractivity contribution >= 4 is 39.6 Å². The molecule has 2 fully saturated rings. The molecule has 2 aromatic carbocycles. The highest BCUT2D eigenvalue weighted by molar-refractivity contribution is 6.06. The number of anilines is 1. The Hall–Kier alpha value is -4.35. The van der Waals surface area contributed by atoms with Gasteiger partial charge in [0.05, 0.1) is 5.60 Å². The van der Waals surface area contributed by atoms with Crippen LogP contribution in [0.25, 0.3) is 21.9 Å². The van der Waals surface area contributed by atoms with Crippen LogP contribution in [-0.2, 0) is 25.4 Å². The average molecular weight is 549 g/mol. The van der Waals surface area contributed by atoms with E-state index >= 15 is 0 Å². The van der Waals surface area contributed by atoms with E-state index in [0.717, 1.165) is 10.9 Å². The van der Waals surface area contributed by atoms with Crippen LogP contribution in [0.4, 0.5) is 10.5 Å². The molecule has 4 heterocycles. The molecule has 2 N–H and O–H groups in total. The molecule has 6 rings (SSSR count). The maximum atomic E-state index is 12.9. The molecular formula is C29H28N2O9. The smallest absolute Gasteiger partial charge is 0.460 e. The number of amides is 1. The highest BCUT2D eigenvalue weighted by atomic mass is 16.8. The molecule has 2 aliphatic rings. The van der Waals surface area contributed by atoms with Gasteiger partial charge in [-0.15, -0.1) is 0 Å². The molecule has 11 heteroatoms. The number of aryl methyl sites for hydroxylation is 1. The van der Waals surface area contributed by atoms with Crippen molar-refractivity contribution in [2.45, 2.75) is 57.4 Å². The quantitative estimate of drug-likeness (QED) is 0.263. The second-order valence-electron chi connectivity index (χ2n) is 10.3. The summed E-state index contributed by atoms with van der Waals surface area (Å²) in [5, 5.41) is 4.12. The van der Waals surface area contributed by atoms with Crippen LogP contribution in [0.3, 0.4) is 0 Å². The molecule has 0 saturated carbocycles. The summed E-state index contributed by atoms with van der Waals surface area (Å²) < 4.78 is 34.3. The molecule has 0 radical (unpaired) electrons. The Kier molecular flexibility index (Phi) is 6.27. The van der Waals surface area contributed by atoms with Gasteiger partial charge in [-0.1, -0.05) is 25.1 Å². The van der Waals surface area contributed by atoms with Crippen LogP contribution in [-0.4, -0.2) is 54.4 Å². The van der Waals surface area contributed by atoms with Gasteiger partial charge >= 0.3 is 11.8 Å². The normalized spacial score (nSPS) is 23.4. The third kappa shape index (κ3) is 4.37. The molecule has 0 spiro atoms. The number of aromatic amines is 1. The van der Waals surface area contributed by atoms with Crippen molar-refractivity contribution in [1.82, 2.24) is 4.98 Å². The molecule has 0 bridgehead atoms. The first-order valence-electron chi connectivity index (χ1n) is 12.9. The molecule has 4 atom stereocenters. The van der Waals surface area contributed by atoms with Crippen molar-refractivity contribution in [3.63, 3.8) is 0 Å². The predicted molar refractivity (Wildman–Crippen MR) is 144 cm³/mol. The zero-order valence-electron chi connectivity index (χ0n) is 22.3. The Morgan fingerprint density at radius 3 is 2.58 bits per heavy atom. The van der Waals surface area contributed by atoms with E-state index in [1.807, 2.05) is 45.0 Å². The van der Waals surface area contributed by atoms with Crippen LogP contribution in [0, 0.1) is 0 Å². The van der Waals surface area contributed by atoms with E-state index in [9.17, 15) is 14.4 Å². The number of ether oxygens (including phenoxy) is 5. The maximum Gasteiger partial charge on any atom is 0.509 e. The molecule has 40 heavy (non-hydrogen) atoms. The van der Waals surface area contributed by atoms with Gasteiger partial charge in [0.2, 0.25) is 12.4 Å². The molecule has 0 unspecified atom stereocenters. The second kappa shape index (κ2) is 9.68. The fourth-order valence-corrected chi connectivity index (χ4v) is 5.43. The Balaban J connectivity index is 1.29. The van der Waals surface area contributed by atoms with Gasteiger partial charge in [0.1, 0.15) is 28.8 Å². The average Bonchev–Trinajstić information content (AvgIpc) is 3.52. The summed E-state index contributed by atoms with van der Waals surface area (Å²) in [6.45, 7) is 5.51. The van der Waals surface area contributed by atoms with Crippen molar-refractivity contribution in [3.05, 3.63) is 70.2 Å². The number of carbonyl (C=O) groups excluding carboxylic acids is 2. The Bertz CT molecular complexity index is 1660. The number of nitrogens with one attached hydrogen (secondary N) is 2. The summed E-state index contributed by atoms with van der Waals surface area (Å²) in [5.74, 6) is -0.0702. The predicted octanol–water partition coefficient (Wildman–Crippen LogP) is 4.52. The summed E-state index contributed by atoms with van der Waals surface area (Å²) in [7, 11) is 1.51. The molecular weight excluding hydrogens is 520 g/mol. The molecule has 1 amide bonds. The monoisotopic (exact) mass is 548 g/mol. The minimum absolute atomic E-state index is 0.00714. The number of fused-ring (bicyclic) bond motifs is 3. The fourth-order valence-electron chi connectivity index (χ4n) is 5.43. The van der Waals surface area contributed by atoms with Crippen LogP contribution in [0.1, 0.15) is 36.8 Å². The second-order valence-corrected chi connectivity index (χ2v) is 10.3. The minimum Gasteiger partial charge on any atom is -0.460 e. The fraction of sp³-hybridized carbons (Fsp3) is 0.345. The number of carbonyl (C=O) groups is 2. The van der Waals surface area contributed by atoms with E-state index < -0.39 is 47.9 Å². The van der Waals surface area contributed by atoms with Crippen LogP contribution in [0.15, 0.2) is 57.7 Å². The van der Waals surface area contributed by atoms with E-state index in [0.29, 0.717) is 34.4 Å². The maximum absolute atomic E-state index is 12.9. The van der Waals surface area contributed by atoms with Gasteiger partial charge in [0.15, 0.2) is 6.10 Å². The topological polar surface area (TPSA) is 138 Å².